The molecule has 1 fully saturated rings. The van der Waals surface area contributed by atoms with Crippen molar-refractivity contribution < 1.29 is 9.53 Å². The molecule has 1 heterocycles. The Labute approximate surface area is 158 Å². The van der Waals surface area contributed by atoms with Crippen LogP contribution in [-0.4, -0.2) is 32.5 Å². The Bertz CT molecular complexity index is 799. The van der Waals surface area contributed by atoms with Gasteiger partial charge in [0.25, 0.3) is 0 Å². The maximum Gasteiger partial charge on any atom is 0.230 e. The number of benzene rings is 1. The molecule has 1 aliphatic carbocycles. The molecule has 1 amide bonds. The van der Waals surface area contributed by atoms with Gasteiger partial charge in [0.05, 0.1) is 5.75 Å². The van der Waals surface area contributed by atoms with E-state index in [-0.39, 0.29) is 5.91 Å². The molecular weight excluding hydrogens is 348 g/mol. The third-order valence-corrected chi connectivity index (χ3v) is 5.03. The van der Waals surface area contributed by atoms with Crippen LogP contribution < -0.4 is 10.1 Å². The lowest BCUT2D eigenvalue weighted by Crippen LogP contribution is -2.27. The highest BCUT2D eigenvalue weighted by molar-refractivity contribution is 7.99. The van der Waals surface area contributed by atoms with Gasteiger partial charge in [-0.25, -0.2) is 0 Å². The molecule has 6 nitrogen and oxygen atoms in total. The highest BCUT2D eigenvalue weighted by atomic mass is 32.2. The fraction of sp³-hybridized carbons (Fsp3) is 0.421. The molecule has 0 aliphatic heterocycles. The van der Waals surface area contributed by atoms with Crippen molar-refractivity contribution in [3.63, 3.8) is 0 Å². The Hall–Kier alpha value is -2.28. The molecule has 1 aromatic carbocycles. The van der Waals surface area contributed by atoms with Gasteiger partial charge in [-0.3, -0.25) is 9.36 Å². The number of ether oxygens (including phenoxy) is 1. The van der Waals surface area contributed by atoms with Crippen molar-refractivity contribution in [2.24, 2.45) is 0 Å². The first-order valence-corrected chi connectivity index (χ1v) is 9.70. The second-order valence-electron chi connectivity index (χ2n) is 6.49. The summed E-state index contributed by atoms with van der Waals surface area (Å²) >= 11 is 1.39. The van der Waals surface area contributed by atoms with Crippen LogP contribution in [0, 0.1) is 13.8 Å². The molecule has 0 radical (unpaired) electrons. The zero-order valence-electron chi connectivity index (χ0n) is 15.2. The van der Waals surface area contributed by atoms with Crippen LogP contribution in [0.4, 0.5) is 0 Å². The van der Waals surface area contributed by atoms with E-state index in [0.717, 1.165) is 30.0 Å². The Morgan fingerprint density at radius 3 is 2.92 bits per heavy atom. The minimum Gasteiger partial charge on any atom is -0.485 e. The molecule has 3 rings (SSSR count). The van der Waals surface area contributed by atoms with E-state index < -0.39 is 0 Å². The SMILES string of the molecule is C=CCn1c(COc2ccc(C)cc2C)nnc1SCC(=O)NC1CC1. The Kier molecular flexibility index (Phi) is 5.98. The van der Waals surface area contributed by atoms with Crippen molar-refractivity contribution >= 4 is 17.7 Å². The number of nitrogens with zero attached hydrogens (tertiary/aromatic N) is 3. The van der Waals surface area contributed by atoms with Crippen molar-refractivity contribution in [1.29, 1.82) is 0 Å². The summed E-state index contributed by atoms with van der Waals surface area (Å²) in [7, 11) is 0. The van der Waals surface area contributed by atoms with Gasteiger partial charge in [-0.1, -0.05) is 35.5 Å². The normalized spacial score (nSPS) is 13.5. The second kappa shape index (κ2) is 8.40. The fourth-order valence-corrected chi connectivity index (χ4v) is 3.35. The zero-order chi connectivity index (χ0) is 18.5. The summed E-state index contributed by atoms with van der Waals surface area (Å²) in [6, 6.07) is 6.45. The van der Waals surface area contributed by atoms with Crippen LogP contribution in [0.3, 0.4) is 0 Å². The third kappa shape index (κ3) is 4.88. The number of allylic oxidation sites excluding steroid dienone is 1. The number of carbonyl (C=O) groups is 1. The van der Waals surface area contributed by atoms with Gasteiger partial charge in [0.15, 0.2) is 11.0 Å². The molecule has 0 unspecified atom stereocenters. The Balaban J connectivity index is 1.63. The van der Waals surface area contributed by atoms with E-state index in [2.05, 4.69) is 35.1 Å². The maximum atomic E-state index is 11.9. The smallest absolute Gasteiger partial charge is 0.230 e. The lowest BCUT2D eigenvalue weighted by atomic mass is 10.1. The number of hydrogen-bond donors (Lipinski definition) is 1. The topological polar surface area (TPSA) is 69.0 Å². The number of nitrogens with one attached hydrogen (secondary N) is 1. The molecule has 0 bridgehead atoms. The first-order valence-electron chi connectivity index (χ1n) is 8.72. The number of rotatable bonds is 9. The third-order valence-electron chi connectivity index (χ3n) is 4.07. The predicted octanol–water partition coefficient (Wildman–Crippen LogP) is 3.03. The van der Waals surface area contributed by atoms with Crippen molar-refractivity contribution in [1.82, 2.24) is 20.1 Å². The summed E-state index contributed by atoms with van der Waals surface area (Å²) in [4.78, 5) is 11.9. The van der Waals surface area contributed by atoms with E-state index >= 15 is 0 Å². The largest absolute Gasteiger partial charge is 0.485 e. The van der Waals surface area contributed by atoms with E-state index in [9.17, 15) is 4.79 Å². The van der Waals surface area contributed by atoms with Gasteiger partial charge in [-0.15, -0.1) is 16.8 Å². The molecule has 1 aliphatic rings. The van der Waals surface area contributed by atoms with Crippen molar-refractivity contribution in [2.75, 3.05) is 5.75 Å². The van der Waals surface area contributed by atoms with Gasteiger partial charge in [-0.05, 0) is 38.3 Å². The number of aromatic nitrogens is 3. The number of hydrogen-bond acceptors (Lipinski definition) is 5. The summed E-state index contributed by atoms with van der Waals surface area (Å²) in [5.41, 5.74) is 2.29. The van der Waals surface area contributed by atoms with Gasteiger partial charge in [-0.2, -0.15) is 0 Å². The summed E-state index contributed by atoms with van der Waals surface area (Å²) in [6.07, 6.45) is 3.96. The van der Waals surface area contributed by atoms with Crippen molar-refractivity contribution in [3.8, 4) is 5.75 Å². The highest BCUT2D eigenvalue weighted by Crippen LogP contribution is 2.23. The van der Waals surface area contributed by atoms with Gasteiger partial charge in [0.2, 0.25) is 5.91 Å². The van der Waals surface area contributed by atoms with Crippen LogP contribution in [0.1, 0.15) is 29.8 Å². The molecule has 0 spiro atoms. The summed E-state index contributed by atoms with van der Waals surface area (Å²) < 4.78 is 7.85. The Morgan fingerprint density at radius 2 is 2.23 bits per heavy atom. The maximum absolute atomic E-state index is 11.9. The minimum absolute atomic E-state index is 0.0405. The molecule has 0 atom stereocenters. The molecule has 1 N–H and O–H groups in total. The zero-order valence-corrected chi connectivity index (χ0v) is 16.0. The highest BCUT2D eigenvalue weighted by Gasteiger charge is 2.23. The summed E-state index contributed by atoms with van der Waals surface area (Å²) in [5, 5.41) is 12.1. The van der Waals surface area contributed by atoms with E-state index in [1.165, 1.54) is 17.3 Å². The van der Waals surface area contributed by atoms with Gasteiger partial charge >= 0.3 is 0 Å². The molecular formula is C19H24N4O2S. The van der Waals surface area contributed by atoms with E-state index in [1.807, 2.05) is 23.6 Å². The van der Waals surface area contributed by atoms with Crippen LogP contribution in [0.2, 0.25) is 0 Å². The molecule has 2 aromatic rings. The lowest BCUT2D eigenvalue weighted by Gasteiger charge is -2.11. The van der Waals surface area contributed by atoms with E-state index in [4.69, 9.17) is 4.74 Å². The molecule has 26 heavy (non-hydrogen) atoms. The molecule has 7 heteroatoms. The quantitative estimate of drug-likeness (QED) is 0.541. The molecule has 0 saturated heterocycles. The molecule has 1 aromatic heterocycles. The van der Waals surface area contributed by atoms with Crippen LogP contribution in [0.15, 0.2) is 36.0 Å². The number of aryl methyl sites for hydroxylation is 2. The predicted molar refractivity (Wildman–Crippen MR) is 102 cm³/mol. The van der Waals surface area contributed by atoms with E-state index in [0.29, 0.717) is 30.1 Å². The van der Waals surface area contributed by atoms with Crippen molar-refractivity contribution in [2.45, 2.75) is 51.0 Å². The standard InChI is InChI=1S/C19H24N4O2S/c1-4-9-23-17(11-25-16-8-5-13(2)10-14(16)3)21-22-19(23)26-12-18(24)20-15-6-7-15/h4-5,8,10,15H,1,6-7,9,11-12H2,2-3H3,(H,20,24). The fourth-order valence-electron chi connectivity index (χ4n) is 2.58. The first-order chi connectivity index (χ1) is 12.6. The average molecular weight is 372 g/mol. The van der Waals surface area contributed by atoms with Crippen molar-refractivity contribution in [3.05, 3.63) is 47.8 Å². The first kappa shape index (κ1) is 18.5. The molecule has 138 valence electrons. The average Bonchev–Trinajstić information content (AvgIpc) is 3.33. The lowest BCUT2D eigenvalue weighted by molar-refractivity contribution is -0.118. The summed E-state index contributed by atoms with van der Waals surface area (Å²) in [5.74, 6) is 1.93. The van der Waals surface area contributed by atoms with Gasteiger partial charge in [0.1, 0.15) is 12.4 Å². The monoisotopic (exact) mass is 372 g/mol. The van der Waals surface area contributed by atoms with E-state index in [1.54, 1.807) is 6.08 Å². The molecule has 1 saturated carbocycles. The van der Waals surface area contributed by atoms with Crippen LogP contribution in [-0.2, 0) is 17.9 Å². The van der Waals surface area contributed by atoms with Gasteiger partial charge < -0.3 is 10.1 Å². The number of carbonyl (C=O) groups excluding carboxylic acids is 1. The van der Waals surface area contributed by atoms with Crippen LogP contribution in [0.25, 0.3) is 0 Å². The minimum atomic E-state index is 0.0405. The number of amides is 1. The van der Waals surface area contributed by atoms with Crippen LogP contribution >= 0.6 is 11.8 Å². The second-order valence-corrected chi connectivity index (χ2v) is 7.43. The number of thioether (sulfide) groups is 1. The summed E-state index contributed by atoms with van der Waals surface area (Å²) in [6.45, 7) is 8.77. The Morgan fingerprint density at radius 1 is 1.42 bits per heavy atom. The van der Waals surface area contributed by atoms with Crippen LogP contribution in [0.5, 0.6) is 5.75 Å². The van der Waals surface area contributed by atoms with Gasteiger partial charge in [0, 0.05) is 12.6 Å².